The van der Waals surface area contributed by atoms with E-state index in [0.717, 1.165) is 31.1 Å². The van der Waals surface area contributed by atoms with E-state index in [-0.39, 0.29) is 12.2 Å². The first-order valence-electron chi connectivity index (χ1n) is 7.35. The Morgan fingerprint density at radius 3 is 2.11 bits per heavy atom. The SMILES string of the molecule is COC1CN(C2CCC2CNC2CC2)CC1OC. The third-order valence-electron chi connectivity index (χ3n) is 4.94. The topological polar surface area (TPSA) is 33.7 Å². The van der Waals surface area contributed by atoms with Crippen LogP contribution in [0.5, 0.6) is 0 Å². The molecule has 0 aromatic carbocycles. The van der Waals surface area contributed by atoms with Crippen LogP contribution in [0.2, 0.25) is 0 Å². The predicted molar refractivity (Wildman–Crippen MR) is 70.7 cm³/mol. The van der Waals surface area contributed by atoms with Crippen molar-refractivity contribution in [3.05, 3.63) is 0 Å². The summed E-state index contributed by atoms with van der Waals surface area (Å²) in [7, 11) is 3.60. The van der Waals surface area contributed by atoms with Gasteiger partial charge in [-0.25, -0.2) is 0 Å². The van der Waals surface area contributed by atoms with Gasteiger partial charge in [0.1, 0.15) is 0 Å². The molecule has 3 rings (SSSR count). The van der Waals surface area contributed by atoms with Crippen LogP contribution in [0.1, 0.15) is 25.7 Å². The second kappa shape index (κ2) is 5.45. The van der Waals surface area contributed by atoms with Crippen molar-refractivity contribution in [3.8, 4) is 0 Å². The van der Waals surface area contributed by atoms with Crippen molar-refractivity contribution < 1.29 is 9.47 Å². The first-order chi connectivity index (χ1) is 8.81. The highest BCUT2D eigenvalue weighted by atomic mass is 16.5. The van der Waals surface area contributed by atoms with E-state index in [4.69, 9.17) is 9.47 Å². The predicted octanol–water partition coefficient (Wildman–Crippen LogP) is 0.863. The lowest BCUT2D eigenvalue weighted by atomic mass is 9.78. The second-order valence-electron chi connectivity index (χ2n) is 6.09. The maximum Gasteiger partial charge on any atom is 0.0971 e. The van der Waals surface area contributed by atoms with Crippen LogP contribution < -0.4 is 5.32 Å². The van der Waals surface area contributed by atoms with E-state index in [1.54, 1.807) is 14.2 Å². The molecule has 0 radical (unpaired) electrons. The molecule has 2 aliphatic carbocycles. The molecular weight excluding hydrogens is 228 g/mol. The molecule has 4 nitrogen and oxygen atoms in total. The van der Waals surface area contributed by atoms with Crippen LogP contribution >= 0.6 is 0 Å². The lowest BCUT2D eigenvalue weighted by Gasteiger charge is -2.43. The molecule has 1 saturated heterocycles. The summed E-state index contributed by atoms with van der Waals surface area (Å²) < 4.78 is 11.0. The summed E-state index contributed by atoms with van der Waals surface area (Å²) in [5.41, 5.74) is 0. The Hall–Kier alpha value is -0.160. The molecule has 3 fully saturated rings. The van der Waals surface area contributed by atoms with E-state index in [0.29, 0.717) is 0 Å². The molecule has 18 heavy (non-hydrogen) atoms. The van der Waals surface area contributed by atoms with Gasteiger partial charge in [0.15, 0.2) is 0 Å². The lowest BCUT2D eigenvalue weighted by molar-refractivity contribution is -0.00461. The minimum atomic E-state index is 0.257. The van der Waals surface area contributed by atoms with Crippen LogP contribution in [0.15, 0.2) is 0 Å². The first kappa shape index (κ1) is 12.9. The summed E-state index contributed by atoms with van der Waals surface area (Å²) in [4.78, 5) is 2.59. The normalized spacial score (nSPS) is 41.0. The standard InChI is InChI=1S/C14H26N2O2/c1-17-13-8-16(9-14(13)18-2)12-6-3-10(12)7-15-11-4-5-11/h10-15H,3-9H2,1-2H3. The Morgan fingerprint density at radius 2 is 1.67 bits per heavy atom. The molecule has 0 aromatic heterocycles. The van der Waals surface area contributed by atoms with Gasteiger partial charge in [-0.15, -0.1) is 0 Å². The number of likely N-dealkylation sites (tertiary alicyclic amines) is 1. The molecule has 1 aliphatic heterocycles. The summed E-state index contributed by atoms with van der Waals surface area (Å²) in [6.45, 7) is 3.29. The minimum Gasteiger partial charge on any atom is -0.377 e. The molecule has 4 unspecified atom stereocenters. The molecular formula is C14H26N2O2. The van der Waals surface area contributed by atoms with Gasteiger partial charge in [-0.05, 0) is 38.1 Å². The Labute approximate surface area is 110 Å². The number of nitrogens with one attached hydrogen (secondary N) is 1. The molecule has 1 heterocycles. The van der Waals surface area contributed by atoms with Crippen LogP contribution in [-0.4, -0.2) is 63.0 Å². The number of rotatable bonds is 6. The van der Waals surface area contributed by atoms with Crippen molar-refractivity contribution in [2.75, 3.05) is 33.9 Å². The second-order valence-corrected chi connectivity index (χ2v) is 6.09. The summed E-state index contributed by atoms with van der Waals surface area (Å²) in [6.07, 6.45) is 6.03. The largest absolute Gasteiger partial charge is 0.377 e. The maximum atomic E-state index is 5.52. The van der Waals surface area contributed by atoms with E-state index < -0.39 is 0 Å². The monoisotopic (exact) mass is 254 g/mol. The Balaban J connectivity index is 1.48. The zero-order valence-corrected chi connectivity index (χ0v) is 11.6. The van der Waals surface area contributed by atoms with E-state index in [1.807, 2.05) is 0 Å². The summed E-state index contributed by atoms with van der Waals surface area (Å²) >= 11 is 0. The van der Waals surface area contributed by atoms with Crippen molar-refractivity contribution in [3.63, 3.8) is 0 Å². The van der Waals surface area contributed by atoms with Gasteiger partial charge in [0.05, 0.1) is 12.2 Å². The highest BCUT2D eigenvalue weighted by Crippen LogP contribution is 2.35. The van der Waals surface area contributed by atoms with Crippen LogP contribution in [0.4, 0.5) is 0 Å². The average molecular weight is 254 g/mol. The van der Waals surface area contributed by atoms with Gasteiger partial charge in [-0.3, -0.25) is 4.90 Å². The third-order valence-corrected chi connectivity index (χ3v) is 4.94. The highest BCUT2D eigenvalue weighted by molar-refractivity contribution is 4.97. The molecule has 0 amide bonds. The first-order valence-corrected chi connectivity index (χ1v) is 7.35. The highest BCUT2D eigenvalue weighted by Gasteiger charge is 2.42. The fourth-order valence-electron chi connectivity index (χ4n) is 3.37. The van der Waals surface area contributed by atoms with Gasteiger partial charge in [-0.2, -0.15) is 0 Å². The quantitative estimate of drug-likeness (QED) is 0.762. The van der Waals surface area contributed by atoms with E-state index in [1.165, 1.54) is 32.2 Å². The molecule has 2 saturated carbocycles. The van der Waals surface area contributed by atoms with Crippen LogP contribution in [0.3, 0.4) is 0 Å². The Kier molecular flexibility index (Phi) is 3.89. The molecule has 1 N–H and O–H groups in total. The van der Waals surface area contributed by atoms with Crippen molar-refractivity contribution in [2.45, 2.75) is 50.0 Å². The zero-order chi connectivity index (χ0) is 12.5. The van der Waals surface area contributed by atoms with Crippen LogP contribution in [0.25, 0.3) is 0 Å². The van der Waals surface area contributed by atoms with Crippen molar-refractivity contribution in [1.82, 2.24) is 10.2 Å². The fraction of sp³-hybridized carbons (Fsp3) is 1.00. The molecule has 3 aliphatic rings. The Bertz CT molecular complexity index is 271. The molecule has 104 valence electrons. The maximum absolute atomic E-state index is 5.52. The van der Waals surface area contributed by atoms with Crippen molar-refractivity contribution >= 4 is 0 Å². The zero-order valence-electron chi connectivity index (χ0n) is 11.6. The molecule has 4 heteroatoms. The van der Waals surface area contributed by atoms with E-state index >= 15 is 0 Å². The van der Waals surface area contributed by atoms with Gasteiger partial charge in [0, 0.05) is 39.4 Å². The van der Waals surface area contributed by atoms with Gasteiger partial charge in [-0.1, -0.05) is 0 Å². The van der Waals surface area contributed by atoms with Crippen LogP contribution in [0, 0.1) is 5.92 Å². The summed E-state index contributed by atoms with van der Waals surface area (Å²) in [5, 5.41) is 3.67. The summed E-state index contributed by atoms with van der Waals surface area (Å²) in [6, 6.07) is 1.59. The van der Waals surface area contributed by atoms with E-state index in [9.17, 15) is 0 Å². The minimum absolute atomic E-state index is 0.257. The number of nitrogens with zero attached hydrogens (tertiary/aromatic N) is 1. The number of methoxy groups -OCH3 is 2. The van der Waals surface area contributed by atoms with Gasteiger partial charge in [0.25, 0.3) is 0 Å². The number of hydrogen-bond acceptors (Lipinski definition) is 4. The van der Waals surface area contributed by atoms with Gasteiger partial charge < -0.3 is 14.8 Å². The van der Waals surface area contributed by atoms with E-state index in [2.05, 4.69) is 10.2 Å². The average Bonchev–Trinajstić information content (AvgIpc) is 3.07. The number of hydrogen-bond donors (Lipinski definition) is 1. The smallest absolute Gasteiger partial charge is 0.0971 e. The van der Waals surface area contributed by atoms with Crippen molar-refractivity contribution in [2.24, 2.45) is 5.92 Å². The van der Waals surface area contributed by atoms with Gasteiger partial charge >= 0.3 is 0 Å². The molecule has 0 spiro atoms. The Morgan fingerprint density at radius 1 is 1.00 bits per heavy atom. The number of ether oxygens (including phenoxy) is 2. The lowest BCUT2D eigenvalue weighted by Crippen LogP contribution is -2.50. The van der Waals surface area contributed by atoms with Gasteiger partial charge in [0.2, 0.25) is 0 Å². The molecule has 4 atom stereocenters. The van der Waals surface area contributed by atoms with Crippen LogP contribution in [-0.2, 0) is 9.47 Å². The molecule has 0 aromatic rings. The molecule has 0 bridgehead atoms. The third kappa shape index (κ3) is 2.57. The fourth-order valence-corrected chi connectivity index (χ4v) is 3.37. The summed E-state index contributed by atoms with van der Waals surface area (Å²) in [5.74, 6) is 0.846. The van der Waals surface area contributed by atoms with Crippen molar-refractivity contribution in [1.29, 1.82) is 0 Å².